The van der Waals surface area contributed by atoms with E-state index in [1.54, 1.807) is 18.9 Å². The number of nitrogens with two attached hydrogens (primary N) is 1. The zero-order valence-electron chi connectivity index (χ0n) is 10.2. The number of carbonyl (C=O) groups excluding carboxylic acids is 1. The molecule has 3 nitrogen and oxygen atoms in total. The van der Waals surface area contributed by atoms with E-state index in [2.05, 4.69) is 0 Å². The van der Waals surface area contributed by atoms with Crippen molar-refractivity contribution in [2.24, 2.45) is 5.73 Å². The summed E-state index contributed by atoms with van der Waals surface area (Å²) >= 11 is 5.81. The van der Waals surface area contributed by atoms with Crippen LogP contribution in [-0.4, -0.2) is 23.9 Å². The molecule has 1 aromatic rings. The van der Waals surface area contributed by atoms with Gasteiger partial charge in [0.05, 0.1) is 12.1 Å². The summed E-state index contributed by atoms with van der Waals surface area (Å²) in [6.45, 7) is 3.65. The summed E-state index contributed by atoms with van der Waals surface area (Å²) in [6, 6.07) is 6.99. The Hall–Kier alpha value is -0.770. The third-order valence-corrected chi connectivity index (χ3v) is 2.92. The lowest BCUT2D eigenvalue weighted by molar-refractivity contribution is -0.132. The van der Waals surface area contributed by atoms with Crippen molar-refractivity contribution in [1.29, 1.82) is 0 Å². The third kappa shape index (κ3) is 4.19. The van der Waals surface area contributed by atoms with Gasteiger partial charge in [0.2, 0.25) is 5.91 Å². The molecule has 0 bridgehead atoms. The third-order valence-electron chi connectivity index (χ3n) is 2.67. The van der Waals surface area contributed by atoms with Crippen LogP contribution in [0.1, 0.15) is 25.5 Å². The Balaban J connectivity index is 0.00000256. The van der Waals surface area contributed by atoms with Crippen molar-refractivity contribution in [1.82, 2.24) is 4.90 Å². The standard InChI is InChI=1S/C12H17ClN2O.ClH/c1-8(14)12(16)15(3)9(2)10-4-6-11(13)7-5-10;/h4-9H,14H2,1-3H3;1H. The van der Waals surface area contributed by atoms with E-state index in [1.165, 1.54) is 0 Å². The Morgan fingerprint density at radius 3 is 2.18 bits per heavy atom. The lowest BCUT2D eigenvalue weighted by Gasteiger charge is -2.26. The molecule has 0 radical (unpaired) electrons. The summed E-state index contributed by atoms with van der Waals surface area (Å²) in [4.78, 5) is 13.3. The molecule has 1 rings (SSSR count). The number of nitrogens with zero attached hydrogens (tertiary/aromatic N) is 1. The smallest absolute Gasteiger partial charge is 0.239 e. The maximum atomic E-state index is 11.7. The first-order valence-electron chi connectivity index (χ1n) is 5.21. The molecule has 0 aliphatic carbocycles. The molecular formula is C12H18Cl2N2O. The molecule has 0 saturated carbocycles. The molecule has 2 N–H and O–H groups in total. The molecule has 0 aliphatic rings. The second-order valence-corrected chi connectivity index (χ2v) is 4.40. The molecule has 0 spiro atoms. The van der Waals surface area contributed by atoms with E-state index >= 15 is 0 Å². The highest BCUT2D eigenvalue weighted by atomic mass is 35.5. The first-order valence-corrected chi connectivity index (χ1v) is 5.59. The molecular weight excluding hydrogens is 259 g/mol. The van der Waals surface area contributed by atoms with Crippen LogP contribution in [0, 0.1) is 0 Å². The van der Waals surface area contributed by atoms with Crippen LogP contribution in [0.15, 0.2) is 24.3 Å². The van der Waals surface area contributed by atoms with Crippen LogP contribution in [-0.2, 0) is 4.79 Å². The molecule has 0 aromatic heterocycles. The minimum atomic E-state index is -0.472. The van der Waals surface area contributed by atoms with Gasteiger partial charge in [-0.15, -0.1) is 12.4 Å². The Kier molecular flexibility index (Phi) is 6.53. The van der Waals surface area contributed by atoms with E-state index in [1.807, 2.05) is 31.2 Å². The largest absolute Gasteiger partial charge is 0.338 e. The average molecular weight is 277 g/mol. The summed E-state index contributed by atoms with van der Waals surface area (Å²) in [5.41, 5.74) is 6.61. The molecule has 2 atom stereocenters. The van der Waals surface area contributed by atoms with Crippen molar-refractivity contribution in [2.75, 3.05) is 7.05 Å². The van der Waals surface area contributed by atoms with Crippen LogP contribution in [0.25, 0.3) is 0 Å². The molecule has 0 aliphatic heterocycles. The fraction of sp³-hybridized carbons (Fsp3) is 0.417. The van der Waals surface area contributed by atoms with Gasteiger partial charge >= 0.3 is 0 Å². The first-order chi connectivity index (χ1) is 7.43. The fourth-order valence-corrected chi connectivity index (χ4v) is 1.60. The van der Waals surface area contributed by atoms with Crippen LogP contribution in [0.5, 0.6) is 0 Å². The number of halogens is 2. The number of likely N-dealkylation sites (N-methyl/N-ethyl adjacent to an activating group) is 1. The lowest BCUT2D eigenvalue weighted by atomic mass is 10.1. The number of amides is 1. The summed E-state index contributed by atoms with van der Waals surface area (Å²) in [7, 11) is 1.75. The quantitative estimate of drug-likeness (QED) is 0.923. The van der Waals surface area contributed by atoms with E-state index in [-0.39, 0.29) is 24.4 Å². The highest BCUT2D eigenvalue weighted by Gasteiger charge is 2.19. The Labute approximate surface area is 113 Å². The number of hydrogen-bond acceptors (Lipinski definition) is 2. The maximum Gasteiger partial charge on any atom is 0.239 e. The van der Waals surface area contributed by atoms with Gasteiger partial charge in [-0.1, -0.05) is 23.7 Å². The van der Waals surface area contributed by atoms with Crippen LogP contribution >= 0.6 is 24.0 Å². The van der Waals surface area contributed by atoms with Gasteiger partial charge in [0, 0.05) is 12.1 Å². The Morgan fingerprint density at radius 2 is 1.76 bits per heavy atom. The lowest BCUT2D eigenvalue weighted by Crippen LogP contribution is -2.40. The van der Waals surface area contributed by atoms with Gasteiger partial charge in [-0.2, -0.15) is 0 Å². The monoisotopic (exact) mass is 276 g/mol. The normalized spacial score (nSPS) is 13.5. The summed E-state index contributed by atoms with van der Waals surface area (Å²) in [5, 5.41) is 0.692. The van der Waals surface area contributed by atoms with Gasteiger partial charge in [-0.25, -0.2) is 0 Å². The van der Waals surface area contributed by atoms with Crippen molar-refractivity contribution < 1.29 is 4.79 Å². The average Bonchev–Trinajstić information content (AvgIpc) is 2.27. The number of rotatable bonds is 3. The van der Waals surface area contributed by atoms with E-state index in [0.717, 1.165) is 5.56 Å². The second kappa shape index (κ2) is 6.84. The van der Waals surface area contributed by atoms with Crippen molar-refractivity contribution >= 4 is 29.9 Å². The zero-order chi connectivity index (χ0) is 12.3. The maximum absolute atomic E-state index is 11.7. The van der Waals surface area contributed by atoms with Crippen molar-refractivity contribution in [3.8, 4) is 0 Å². The van der Waals surface area contributed by atoms with Crippen LogP contribution < -0.4 is 5.73 Å². The van der Waals surface area contributed by atoms with E-state index in [9.17, 15) is 4.79 Å². The zero-order valence-corrected chi connectivity index (χ0v) is 11.8. The van der Waals surface area contributed by atoms with Crippen molar-refractivity contribution in [3.63, 3.8) is 0 Å². The SMILES string of the molecule is CC(N)C(=O)N(C)C(C)c1ccc(Cl)cc1.Cl. The Morgan fingerprint density at radius 1 is 1.29 bits per heavy atom. The first kappa shape index (κ1) is 16.2. The molecule has 96 valence electrons. The van der Waals surface area contributed by atoms with Gasteiger partial charge in [0.15, 0.2) is 0 Å². The highest BCUT2D eigenvalue weighted by Crippen LogP contribution is 2.21. The summed E-state index contributed by atoms with van der Waals surface area (Å²) in [5.74, 6) is -0.0672. The molecule has 2 unspecified atom stereocenters. The number of hydrogen-bond donors (Lipinski definition) is 1. The van der Waals surface area contributed by atoms with Crippen molar-refractivity contribution in [3.05, 3.63) is 34.9 Å². The Bertz CT molecular complexity index is 365. The molecule has 0 heterocycles. The predicted octanol–water partition coefficient (Wildman–Crippen LogP) is 2.63. The van der Waals surface area contributed by atoms with Gasteiger partial charge in [0.25, 0.3) is 0 Å². The number of benzene rings is 1. The van der Waals surface area contributed by atoms with E-state index in [4.69, 9.17) is 17.3 Å². The number of carbonyl (C=O) groups is 1. The van der Waals surface area contributed by atoms with Crippen LogP contribution in [0.2, 0.25) is 5.02 Å². The minimum Gasteiger partial charge on any atom is -0.338 e. The molecule has 1 amide bonds. The van der Waals surface area contributed by atoms with Gasteiger partial charge in [-0.3, -0.25) is 4.79 Å². The predicted molar refractivity (Wildman–Crippen MR) is 73.5 cm³/mol. The fourth-order valence-electron chi connectivity index (χ4n) is 1.48. The topological polar surface area (TPSA) is 46.3 Å². The summed E-state index contributed by atoms with van der Waals surface area (Å²) < 4.78 is 0. The van der Waals surface area contributed by atoms with E-state index in [0.29, 0.717) is 5.02 Å². The molecule has 0 fully saturated rings. The van der Waals surface area contributed by atoms with Gasteiger partial charge < -0.3 is 10.6 Å². The molecule has 17 heavy (non-hydrogen) atoms. The summed E-state index contributed by atoms with van der Waals surface area (Å²) in [6.07, 6.45) is 0. The van der Waals surface area contributed by atoms with E-state index < -0.39 is 6.04 Å². The highest BCUT2D eigenvalue weighted by molar-refractivity contribution is 6.30. The molecule has 5 heteroatoms. The van der Waals surface area contributed by atoms with Crippen LogP contribution in [0.4, 0.5) is 0 Å². The molecule has 1 aromatic carbocycles. The van der Waals surface area contributed by atoms with Gasteiger partial charge in [0.1, 0.15) is 0 Å². The van der Waals surface area contributed by atoms with Gasteiger partial charge in [-0.05, 0) is 31.5 Å². The minimum absolute atomic E-state index is 0. The second-order valence-electron chi connectivity index (χ2n) is 3.97. The van der Waals surface area contributed by atoms with Crippen molar-refractivity contribution in [2.45, 2.75) is 25.9 Å². The molecule has 0 saturated heterocycles. The van der Waals surface area contributed by atoms with Crippen LogP contribution in [0.3, 0.4) is 0 Å².